The maximum atomic E-state index is 5.66. The molecule has 134 valence electrons. The van der Waals surface area contributed by atoms with Gasteiger partial charge in [-0.25, -0.2) is 4.98 Å². The van der Waals surface area contributed by atoms with E-state index in [1.807, 2.05) is 13.0 Å². The Morgan fingerprint density at radius 3 is 2.76 bits per heavy atom. The molecular formula is C19H28N6. The summed E-state index contributed by atoms with van der Waals surface area (Å²) in [6.07, 6.45) is 3.65. The summed E-state index contributed by atoms with van der Waals surface area (Å²) < 4.78 is 0. The van der Waals surface area contributed by atoms with Crippen LogP contribution in [0.5, 0.6) is 0 Å². The van der Waals surface area contributed by atoms with Crippen molar-refractivity contribution in [1.82, 2.24) is 15.3 Å². The molecule has 0 bridgehead atoms. The predicted octanol–water partition coefficient (Wildman–Crippen LogP) is 2.56. The van der Waals surface area contributed by atoms with Crippen molar-refractivity contribution in [1.29, 1.82) is 0 Å². The largest absolute Gasteiger partial charge is 0.372 e. The van der Waals surface area contributed by atoms with E-state index in [4.69, 9.17) is 5.73 Å². The molecule has 0 aliphatic carbocycles. The number of nitrogen functional groups attached to an aromatic ring is 1. The number of nitrogens with two attached hydrogens (primary N) is 1. The number of hydrogen-bond acceptors (Lipinski definition) is 6. The van der Waals surface area contributed by atoms with Crippen LogP contribution in [0.2, 0.25) is 0 Å². The Labute approximate surface area is 149 Å². The highest BCUT2D eigenvalue weighted by atomic mass is 15.1. The van der Waals surface area contributed by atoms with E-state index < -0.39 is 0 Å². The summed E-state index contributed by atoms with van der Waals surface area (Å²) in [5, 5.41) is 6.81. The molecule has 4 N–H and O–H groups in total. The molecule has 6 nitrogen and oxygen atoms in total. The predicted molar refractivity (Wildman–Crippen MR) is 104 cm³/mol. The van der Waals surface area contributed by atoms with Gasteiger partial charge in [0.25, 0.3) is 0 Å². The van der Waals surface area contributed by atoms with Crippen LogP contribution in [0.25, 0.3) is 0 Å². The minimum absolute atomic E-state index is 0.318. The highest BCUT2D eigenvalue weighted by Crippen LogP contribution is 2.21. The SMILES string of the molecule is Cc1cc(NCCCNCc2cccc(N3CCCC3)c2)nc(N)n1. The van der Waals surface area contributed by atoms with Crippen molar-refractivity contribution in [3.8, 4) is 0 Å². The van der Waals surface area contributed by atoms with Gasteiger partial charge in [-0.15, -0.1) is 0 Å². The smallest absolute Gasteiger partial charge is 0.222 e. The summed E-state index contributed by atoms with van der Waals surface area (Å²) in [5.74, 6) is 1.11. The van der Waals surface area contributed by atoms with Crippen LogP contribution in [0.4, 0.5) is 17.5 Å². The van der Waals surface area contributed by atoms with Gasteiger partial charge in [-0.05, 0) is 50.4 Å². The van der Waals surface area contributed by atoms with E-state index in [0.29, 0.717) is 5.95 Å². The van der Waals surface area contributed by atoms with E-state index in [-0.39, 0.29) is 0 Å². The molecule has 0 amide bonds. The zero-order valence-corrected chi connectivity index (χ0v) is 15.0. The van der Waals surface area contributed by atoms with Gasteiger partial charge in [-0.2, -0.15) is 4.98 Å². The molecule has 1 aliphatic heterocycles. The van der Waals surface area contributed by atoms with Gasteiger partial charge >= 0.3 is 0 Å². The molecule has 0 spiro atoms. The lowest BCUT2D eigenvalue weighted by Crippen LogP contribution is -2.20. The van der Waals surface area contributed by atoms with Crippen molar-refractivity contribution in [2.45, 2.75) is 32.7 Å². The number of anilines is 3. The summed E-state index contributed by atoms with van der Waals surface area (Å²) >= 11 is 0. The van der Waals surface area contributed by atoms with Gasteiger partial charge in [0, 0.05) is 43.6 Å². The van der Waals surface area contributed by atoms with Crippen LogP contribution in [0.3, 0.4) is 0 Å². The third-order valence-electron chi connectivity index (χ3n) is 4.42. The van der Waals surface area contributed by atoms with Crippen LogP contribution in [0.1, 0.15) is 30.5 Å². The molecule has 0 saturated carbocycles. The van der Waals surface area contributed by atoms with Crippen molar-refractivity contribution in [2.75, 3.05) is 42.1 Å². The minimum atomic E-state index is 0.318. The van der Waals surface area contributed by atoms with E-state index in [1.54, 1.807) is 0 Å². The zero-order chi connectivity index (χ0) is 17.5. The number of benzene rings is 1. The molecule has 6 heteroatoms. The van der Waals surface area contributed by atoms with Crippen LogP contribution < -0.4 is 21.3 Å². The number of aryl methyl sites for hydroxylation is 1. The molecule has 2 aromatic rings. The van der Waals surface area contributed by atoms with Gasteiger partial charge in [-0.3, -0.25) is 0 Å². The topological polar surface area (TPSA) is 79.1 Å². The first-order chi connectivity index (χ1) is 12.2. The molecule has 0 radical (unpaired) electrons. The summed E-state index contributed by atoms with van der Waals surface area (Å²) in [5.41, 5.74) is 9.24. The van der Waals surface area contributed by atoms with Crippen LogP contribution in [0.15, 0.2) is 30.3 Å². The molecule has 1 fully saturated rings. The molecule has 0 atom stereocenters. The zero-order valence-electron chi connectivity index (χ0n) is 15.0. The van der Waals surface area contributed by atoms with Gasteiger partial charge in [0.1, 0.15) is 5.82 Å². The van der Waals surface area contributed by atoms with Crippen LogP contribution in [-0.2, 0) is 6.54 Å². The van der Waals surface area contributed by atoms with Gasteiger partial charge in [0.05, 0.1) is 0 Å². The Bertz CT molecular complexity index is 661. The molecular weight excluding hydrogens is 312 g/mol. The van der Waals surface area contributed by atoms with Crippen molar-refractivity contribution in [3.05, 3.63) is 41.6 Å². The standard InChI is InChI=1S/C19H28N6/c1-15-12-18(24-19(20)23-15)22-9-5-8-21-14-16-6-4-7-17(13-16)25-10-2-3-11-25/h4,6-7,12-13,21H,2-3,5,8-11,14H2,1H3,(H3,20,22,23,24). The fraction of sp³-hybridized carbons (Fsp3) is 0.474. The summed E-state index contributed by atoms with van der Waals surface area (Å²) in [6.45, 7) is 7.02. The Hall–Kier alpha value is -2.34. The van der Waals surface area contributed by atoms with E-state index in [0.717, 1.165) is 37.6 Å². The van der Waals surface area contributed by atoms with Crippen molar-refractivity contribution in [3.63, 3.8) is 0 Å². The number of aromatic nitrogens is 2. The van der Waals surface area contributed by atoms with Crippen molar-refractivity contribution >= 4 is 17.5 Å². The maximum absolute atomic E-state index is 5.66. The Balaban J connectivity index is 1.36. The van der Waals surface area contributed by atoms with Gasteiger partial charge in [0.2, 0.25) is 5.95 Å². The molecule has 1 aliphatic rings. The van der Waals surface area contributed by atoms with Crippen LogP contribution in [-0.4, -0.2) is 36.1 Å². The fourth-order valence-corrected chi connectivity index (χ4v) is 3.18. The summed E-state index contributed by atoms with van der Waals surface area (Å²) in [7, 11) is 0. The molecule has 3 rings (SSSR count). The van der Waals surface area contributed by atoms with Crippen molar-refractivity contribution < 1.29 is 0 Å². The Kier molecular flexibility index (Phi) is 6.06. The summed E-state index contributed by atoms with van der Waals surface area (Å²) in [6, 6.07) is 10.8. The normalized spacial score (nSPS) is 14.0. The Morgan fingerprint density at radius 1 is 1.12 bits per heavy atom. The number of nitrogens with zero attached hydrogens (tertiary/aromatic N) is 3. The van der Waals surface area contributed by atoms with E-state index in [1.165, 1.54) is 37.2 Å². The molecule has 1 saturated heterocycles. The third kappa shape index (κ3) is 5.32. The molecule has 25 heavy (non-hydrogen) atoms. The average molecular weight is 340 g/mol. The second-order valence-corrected chi connectivity index (χ2v) is 6.57. The molecule has 1 aromatic heterocycles. The molecule has 0 unspecified atom stereocenters. The van der Waals surface area contributed by atoms with Gasteiger partial charge < -0.3 is 21.3 Å². The first-order valence-corrected chi connectivity index (χ1v) is 9.10. The average Bonchev–Trinajstić information content (AvgIpc) is 3.12. The minimum Gasteiger partial charge on any atom is -0.372 e. The Morgan fingerprint density at radius 2 is 1.96 bits per heavy atom. The number of hydrogen-bond donors (Lipinski definition) is 3. The first-order valence-electron chi connectivity index (χ1n) is 9.10. The second kappa shape index (κ2) is 8.67. The number of nitrogens with one attached hydrogen (secondary N) is 2. The maximum Gasteiger partial charge on any atom is 0.222 e. The highest BCUT2D eigenvalue weighted by Gasteiger charge is 2.12. The van der Waals surface area contributed by atoms with Gasteiger partial charge in [-0.1, -0.05) is 12.1 Å². The number of rotatable bonds is 8. The quantitative estimate of drug-likeness (QED) is 0.641. The monoisotopic (exact) mass is 340 g/mol. The lowest BCUT2D eigenvalue weighted by molar-refractivity contribution is 0.662. The second-order valence-electron chi connectivity index (χ2n) is 6.57. The van der Waals surface area contributed by atoms with E-state index >= 15 is 0 Å². The molecule has 2 heterocycles. The van der Waals surface area contributed by atoms with Crippen molar-refractivity contribution in [2.24, 2.45) is 0 Å². The van der Waals surface area contributed by atoms with Gasteiger partial charge in [0.15, 0.2) is 0 Å². The summed E-state index contributed by atoms with van der Waals surface area (Å²) in [4.78, 5) is 10.7. The third-order valence-corrected chi connectivity index (χ3v) is 4.42. The van der Waals surface area contributed by atoms with Crippen LogP contribution in [0, 0.1) is 6.92 Å². The first kappa shape index (κ1) is 17.5. The molecule has 1 aromatic carbocycles. The highest BCUT2D eigenvalue weighted by molar-refractivity contribution is 5.49. The lowest BCUT2D eigenvalue weighted by Gasteiger charge is -2.18. The van der Waals surface area contributed by atoms with E-state index in [9.17, 15) is 0 Å². The lowest BCUT2D eigenvalue weighted by atomic mass is 10.2. The van der Waals surface area contributed by atoms with Crippen LogP contribution >= 0.6 is 0 Å². The fourth-order valence-electron chi connectivity index (χ4n) is 3.18. The van der Waals surface area contributed by atoms with E-state index in [2.05, 4.69) is 49.8 Å².